The van der Waals surface area contributed by atoms with Crippen molar-refractivity contribution in [3.8, 4) is 0 Å². The molecule has 3 rings (SSSR count). The third-order valence-electron chi connectivity index (χ3n) is 5.46. The first-order valence-corrected chi connectivity index (χ1v) is 10.8. The van der Waals surface area contributed by atoms with Gasteiger partial charge in [-0.05, 0) is 12.1 Å². The topological polar surface area (TPSA) is 124 Å². The number of quaternary nitrogens is 1. The van der Waals surface area contributed by atoms with Crippen LogP contribution in [-0.2, 0) is 23.9 Å². The highest BCUT2D eigenvalue weighted by Crippen LogP contribution is 2.30. The third kappa shape index (κ3) is 5.07. The molecule has 2 aliphatic rings. The Labute approximate surface area is 183 Å². The standard InChI is InChI=1S/C19H24N4O7S/c1-29-18(25)15-12-31-17(19(26)30-2)22(15)16(24)11-20-7-9-21(10-8-20)13-3-5-14(6-4-13)23(27)28/h3-6,15,17H,7-12H2,1-2H3/p+1/t15-,17+/m1/s1. The van der Waals surface area contributed by atoms with E-state index in [4.69, 9.17) is 9.47 Å². The van der Waals surface area contributed by atoms with Crippen LogP contribution in [0.3, 0.4) is 0 Å². The minimum absolute atomic E-state index is 0.0439. The van der Waals surface area contributed by atoms with Crippen molar-refractivity contribution in [2.24, 2.45) is 0 Å². The fraction of sp³-hybridized carbons (Fsp3) is 0.526. The Morgan fingerprint density at radius 1 is 1.13 bits per heavy atom. The minimum Gasteiger partial charge on any atom is -0.467 e. The predicted molar refractivity (Wildman–Crippen MR) is 112 cm³/mol. The summed E-state index contributed by atoms with van der Waals surface area (Å²) in [6.45, 7) is 2.85. The van der Waals surface area contributed by atoms with Gasteiger partial charge in [-0.1, -0.05) is 0 Å². The van der Waals surface area contributed by atoms with E-state index >= 15 is 0 Å². The van der Waals surface area contributed by atoms with Crippen molar-refractivity contribution in [1.29, 1.82) is 0 Å². The smallest absolute Gasteiger partial charge is 0.339 e. The summed E-state index contributed by atoms with van der Waals surface area (Å²) in [7, 11) is 2.50. The first-order chi connectivity index (χ1) is 14.8. The number of amides is 1. The fourth-order valence-electron chi connectivity index (χ4n) is 3.76. The molecule has 1 amide bonds. The quantitative estimate of drug-likeness (QED) is 0.325. The summed E-state index contributed by atoms with van der Waals surface area (Å²) in [6, 6.07) is 5.58. The first-order valence-electron chi connectivity index (χ1n) is 9.77. The van der Waals surface area contributed by atoms with Crippen LogP contribution in [0.1, 0.15) is 0 Å². The normalized spacial score (nSPS) is 21.6. The third-order valence-corrected chi connectivity index (χ3v) is 6.71. The van der Waals surface area contributed by atoms with Crippen LogP contribution >= 0.6 is 11.8 Å². The van der Waals surface area contributed by atoms with E-state index in [2.05, 4.69) is 4.90 Å². The summed E-state index contributed by atoms with van der Waals surface area (Å²) in [5.41, 5.74) is 0.936. The van der Waals surface area contributed by atoms with Crippen molar-refractivity contribution >= 4 is 41.0 Å². The van der Waals surface area contributed by atoms with Crippen LogP contribution in [0, 0.1) is 10.1 Å². The molecular formula is C19H25N4O7S+. The van der Waals surface area contributed by atoms with Crippen molar-refractivity contribution in [3.63, 3.8) is 0 Å². The number of nitro benzene ring substituents is 1. The van der Waals surface area contributed by atoms with Gasteiger partial charge in [-0.25, -0.2) is 9.59 Å². The van der Waals surface area contributed by atoms with Crippen LogP contribution in [0.25, 0.3) is 0 Å². The Morgan fingerprint density at radius 3 is 2.29 bits per heavy atom. The van der Waals surface area contributed by atoms with E-state index in [1.807, 2.05) is 0 Å². The highest BCUT2D eigenvalue weighted by Gasteiger charge is 2.47. The van der Waals surface area contributed by atoms with E-state index in [9.17, 15) is 24.5 Å². The number of rotatable bonds is 6. The summed E-state index contributed by atoms with van der Waals surface area (Å²) in [5.74, 6) is -1.14. The molecule has 0 spiro atoms. The summed E-state index contributed by atoms with van der Waals surface area (Å²) in [5, 5.41) is 9.95. The molecule has 0 aliphatic carbocycles. The van der Waals surface area contributed by atoms with Crippen LogP contribution in [-0.4, -0.2) is 91.8 Å². The molecule has 0 saturated carbocycles. The molecule has 1 aromatic carbocycles. The van der Waals surface area contributed by atoms with Gasteiger partial charge in [-0.2, -0.15) is 0 Å². The van der Waals surface area contributed by atoms with Crippen molar-refractivity contribution in [2.75, 3.05) is 57.6 Å². The van der Waals surface area contributed by atoms with Gasteiger partial charge in [0, 0.05) is 23.6 Å². The van der Waals surface area contributed by atoms with Gasteiger partial charge in [0.1, 0.15) is 6.04 Å². The highest BCUT2D eigenvalue weighted by molar-refractivity contribution is 8.00. The Hall–Kier alpha value is -2.86. The lowest BCUT2D eigenvalue weighted by molar-refractivity contribution is -0.892. The molecule has 2 saturated heterocycles. The Bertz CT molecular complexity index is 818. The molecule has 31 heavy (non-hydrogen) atoms. The van der Waals surface area contributed by atoms with Crippen molar-refractivity contribution in [3.05, 3.63) is 34.4 Å². The van der Waals surface area contributed by atoms with E-state index in [-0.39, 0.29) is 23.9 Å². The molecule has 0 radical (unpaired) electrons. The number of esters is 2. The lowest BCUT2D eigenvalue weighted by atomic mass is 10.2. The van der Waals surface area contributed by atoms with Gasteiger partial charge in [0.25, 0.3) is 11.6 Å². The molecule has 1 N–H and O–H groups in total. The zero-order valence-corrected chi connectivity index (χ0v) is 18.1. The highest BCUT2D eigenvalue weighted by atomic mass is 32.2. The van der Waals surface area contributed by atoms with Crippen LogP contribution < -0.4 is 9.80 Å². The maximum atomic E-state index is 13.0. The number of nitrogens with zero attached hydrogens (tertiary/aromatic N) is 3. The number of hydrogen-bond donors (Lipinski definition) is 1. The summed E-state index contributed by atoms with van der Waals surface area (Å²) in [6.07, 6.45) is 0. The van der Waals surface area contributed by atoms with Gasteiger partial charge < -0.3 is 24.2 Å². The fourth-order valence-corrected chi connectivity index (χ4v) is 5.08. The SMILES string of the molecule is COC(=O)[C@H]1CS[C@@H](C(=O)OC)N1C(=O)C[NH+]1CCN(c2ccc([N+](=O)[O-])cc2)CC1. The number of anilines is 1. The lowest BCUT2D eigenvalue weighted by Gasteiger charge is -2.34. The van der Waals surface area contributed by atoms with Gasteiger partial charge >= 0.3 is 11.9 Å². The van der Waals surface area contributed by atoms with E-state index in [1.165, 1.54) is 43.0 Å². The number of piperazine rings is 1. The van der Waals surface area contributed by atoms with Crippen LogP contribution in [0.2, 0.25) is 0 Å². The Balaban J connectivity index is 1.60. The van der Waals surface area contributed by atoms with Crippen molar-refractivity contribution in [2.45, 2.75) is 11.4 Å². The summed E-state index contributed by atoms with van der Waals surface area (Å²) >= 11 is 1.19. The van der Waals surface area contributed by atoms with Gasteiger partial charge in [0.2, 0.25) is 0 Å². The largest absolute Gasteiger partial charge is 0.467 e. The van der Waals surface area contributed by atoms with Gasteiger partial charge in [-0.15, -0.1) is 11.8 Å². The molecule has 1 aromatic rings. The molecule has 2 atom stereocenters. The maximum absolute atomic E-state index is 13.0. The summed E-state index contributed by atoms with van der Waals surface area (Å²) in [4.78, 5) is 52.0. The molecule has 12 heteroatoms. The second kappa shape index (κ2) is 9.96. The number of nitro groups is 1. The summed E-state index contributed by atoms with van der Waals surface area (Å²) < 4.78 is 9.59. The lowest BCUT2D eigenvalue weighted by Crippen LogP contribution is -3.16. The Morgan fingerprint density at radius 2 is 1.74 bits per heavy atom. The zero-order valence-electron chi connectivity index (χ0n) is 17.3. The maximum Gasteiger partial charge on any atom is 0.339 e. The van der Waals surface area contributed by atoms with E-state index in [1.54, 1.807) is 12.1 Å². The molecule has 2 heterocycles. The van der Waals surface area contributed by atoms with Crippen molar-refractivity contribution < 1.29 is 33.7 Å². The van der Waals surface area contributed by atoms with Gasteiger partial charge in [0.05, 0.1) is 45.3 Å². The van der Waals surface area contributed by atoms with Gasteiger partial charge in [-0.3, -0.25) is 14.9 Å². The number of carbonyl (C=O) groups is 3. The monoisotopic (exact) mass is 453 g/mol. The van der Waals surface area contributed by atoms with E-state index in [0.29, 0.717) is 26.2 Å². The van der Waals surface area contributed by atoms with Gasteiger partial charge in [0.15, 0.2) is 11.9 Å². The average molecular weight is 453 g/mol. The van der Waals surface area contributed by atoms with Crippen molar-refractivity contribution in [1.82, 2.24) is 4.90 Å². The zero-order chi connectivity index (χ0) is 22.5. The second-order valence-electron chi connectivity index (χ2n) is 7.24. The number of carbonyl (C=O) groups excluding carboxylic acids is 3. The number of methoxy groups -OCH3 is 2. The predicted octanol–water partition coefficient (Wildman–Crippen LogP) is -1.08. The molecule has 168 valence electrons. The van der Waals surface area contributed by atoms with E-state index in [0.717, 1.165) is 10.6 Å². The van der Waals surface area contributed by atoms with Crippen LogP contribution in [0.15, 0.2) is 24.3 Å². The number of ether oxygens (including phenoxy) is 2. The molecule has 0 aromatic heterocycles. The molecule has 0 unspecified atom stereocenters. The molecule has 2 aliphatic heterocycles. The van der Waals surface area contributed by atoms with Crippen LogP contribution in [0.5, 0.6) is 0 Å². The Kier molecular flexibility index (Phi) is 7.33. The minimum atomic E-state index is -0.859. The van der Waals surface area contributed by atoms with E-state index < -0.39 is 28.3 Å². The number of thioether (sulfide) groups is 1. The molecular weight excluding hydrogens is 428 g/mol. The number of benzene rings is 1. The number of non-ortho nitro benzene ring substituents is 1. The number of nitrogens with one attached hydrogen (secondary N) is 1. The average Bonchev–Trinajstić information content (AvgIpc) is 3.24. The molecule has 11 nitrogen and oxygen atoms in total. The second-order valence-corrected chi connectivity index (χ2v) is 8.35. The van der Waals surface area contributed by atoms with Crippen LogP contribution in [0.4, 0.5) is 11.4 Å². The molecule has 0 bridgehead atoms. The first kappa shape index (κ1) is 22.8. The molecule has 2 fully saturated rings. The number of hydrogen-bond acceptors (Lipinski definition) is 9.